The van der Waals surface area contributed by atoms with Crippen molar-refractivity contribution in [2.45, 2.75) is 18.9 Å². The smallest absolute Gasteiger partial charge is 0.256 e. The third-order valence-corrected chi connectivity index (χ3v) is 4.55. The maximum atomic E-state index is 12.3. The highest BCUT2D eigenvalue weighted by Crippen LogP contribution is 2.22. The number of amides is 1. The number of sulfonamides is 1. The number of nitrogens with zero attached hydrogens (tertiary/aromatic N) is 2. The lowest BCUT2D eigenvalue weighted by atomic mass is 10.2. The Morgan fingerprint density at radius 3 is 2.67 bits per heavy atom. The monoisotopic (exact) mass is 346 g/mol. The van der Waals surface area contributed by atoms with Crippen LogP contribution in [-0.2, 0) is 17.1 Å². The fourth-order valence-corrected chi connectivity index (χ4v) is 3.03. The standard InChI is InChI=1S/C16H18N4O3S/c1-20-15(14(11-17-20)16(21)18-13-7-8-13)19-24(22,23)10-9-12-5-3-2-4-6-12/h2-6,9-11,13,19H,7-8H2,1H3,(H,18,21)/b10-9+. The molecule has 126 valence electrons. The number of hydrogen-bond acceptors (Lipinski definition) is 4. The molecule has 7 nitrogen and oxygen atoms in total. The molecular formula is C16H18N4O3S. The van der Waals surface area contributed by atoms with Crippen LogP contribution in [-0.4, -0.2) is 30.1 Å². The summed E-state index contributed by atoms with van der Waals surface area (Å²) in [6.07, 6.45) is 4.75. The highest BCUT2D eigenvalue weighted by Gasteiger charge is 2.27. The van der Waals surface area contributed by atoms with Crippen LogP contribution >= 0.6 is 0 Å². The Hall–Kier alpha value is -2.61. The Bertz CT molecular complexity index is 868. The zero-order valence-corrected chi connectivity index (χ0v) is 14.0. The fourth-order valence-electron chi connectivity index (χ4n) is 2.12. The number of hydrogen-bond donors (Lipinski definition) is 2. The molecule has 2 N–H and O–H groups in total. The van der Waals surface area contributed by atoms with Crippen molar-refractivity contribution < 1.29 is 13.2 Å². The first-order chi connectivity index (χ1) is 11.4. The molecule has 1 aromatic carbocycles. The minimum Gasteiger partial charge on any atom is -0.349 e. The van der Waals surface area contributed by atoms with Gasteiger partial charge in [0.15, 0.2) is 5.82 Å². The lowest BCUT2D eigenvalue weighted by Crippen LogP contribution is -2.26. The summed E-state index contributed by atoms with van der Waals surface area (Å²) in [6, 6.07) is 9.27. The van der Waals surface area contributed by atoms with Gasteiger partial charge >= 0.3 is 0 Å². The average molecular weight is 346 g/mol. The van der Waals surface area contributed by atoms with Gasteiger partial charge in [0.25, 0.3) is 15.9 Å². The van der Waals surface area contributed by atoms with Gasteiger partial charge in [-0.1, -0.05) is 30.3 Å². The lowest BCUT2D eigenvalue weighted by molar-refractivity contribution is 0.0952. The van der Waals surface area contributed by atoms with Gasteiger partial charge in [0.2, 0.25) is 0 Å². The molecule has 0 bridgehead atoms. The molecule has 0 unspecified atom stereocenters. The number of aryl methyl sites for hydroxylation is 1. The van der Waals surface area contributed by atoms with Crippen molar-refractivity contribution in [3.63, 3.8) is 0 Å². The topological polar surface area (TPSA) is 93.1 Å². The first kappa shape index (κ1) is 16.3. The molecule has 1 aliphatic rings. The Morgan fingerprint density at radius 2 is 2.00 bits per heavy atom. The maximum Gasteiger partial charge on any atom is 0.256 e. The highest BCUT2D eigenvalue weighted by molar-refractivity contribution is 7.95. The van der Waals surface area contributed by atoms with Crippen molar-refractivity contribution >= 4 is 27.8 Å². The van der Waals surface area contributed by atoms with Crippen LogP contribution in [0.5, 0.6) is 0 Å². The fraction of sp³-hybridized carbons (Fsp3) is 0.250. The molecule has 1 fully saturated rings. The molecule has 1 aromatic heterocycles. The van der Waals surface area contributed by atoms with Gasteiger partial charge in [0.1, 0.15) is 5.56 Å². The molecule has 0 radical (unpaired) electrons. The van der Waals surface area contributed by atoms with Gasteiger partial charge < -0.3 is 5.32 Å². The number of rotatable bonds is 6. The summed E-state index contributed by atoms with van der Waals surface area (Å²) in [4.78, 5) is 12.2. The van der Waals surface area contributed by atoms with E-state index in [1.165, 1.54) is 17.0 Å². The number of carbonyl (C=O) groups excluding carboxylic acids is 1. The molecule has 1 saturated carbocycles. The zero-order valence-electron chi connectivity index (χ0n) is 13.1. The van der Waals surface area contributed by atoms with Gasteiger partial charge in [-0.25, -0.2) is 8.42 Å². The molecule has 0 spiro atoms. The van der Waals surface area contributed by atoms with E-state index >= 15 is 0 Å². The minimum atomic E-state index is -3.77. The van der Waals surface area contributed by atoms with E-state index in [2.05, 4.69) is 15.1 Å². The van der Waals surface area contributed by atoms with Crippen LogP contribution in [0.1, 0.15) is 28.8 Å². The molecule has 3 rings (SSSR count). The molecule has 0 atom stereocenters. The molecule has 0 saturated heterocycles. The van der Waals surface area contributed by atoms with Crippen LogP contribution in [0.3, 0.4) is 0 Å². The first-order valence-corrected chi connectivity index (χ1v) is 9.08. The second-order valence-electron chi connectivity index (χ2n) is 5.64. The van der Waals surface area contributed by atoms with E-state index in [0.717, 1.165) is 23.8 Å². The van der Waals surface area contributed by atoms with Gasteiger partial charge in [-0.05, 0) is 24.5 Å². The van der Waals surface area contributed by atoms with Crippen molar-refractivity contribution in [1.29, 1.82) is 0 Å². The predicted molar refractivity (Wildman–Crippen MR) is 91.7 cm³/mol. The molecule has 1 aliphatic carbocycles. The molecule has 1 heterocycles. The van der Waals surface area contributed by atoms with Crippen LogP contribution in [0, 0.1) is 0 Å². The summed E-state index contributed by atoms with van der Waals surface area (Å²) < 4.78 is 28.3. The van der Waals surface area contributed by atoms with Gasteiger partial charge in [0, 0.05) is 13.1 Å². The first-order valence-electron chi connectivity index (χ1n) is 7.53. The number of aromatic nitrogens is 2. The van der Waals surface area contributed by atoms with Crippen LogP contribution in [0.4, 0.5) is 5.82 Å². The van der Waals surface area contributed by atoms with E-state index in [9.17, 15) is 13.2 Å². The van der Waals surface area contributed by atoms with Gasteiger partial charge in [-0.2, -0.15) is 5.10 Å². The van der Waals surface area contributed by atoms with Crippen molar-refractivity contribution in [1.82, 2.24) is 15.1 Å². The molecule has 1 amide bonds. The van der Waals surface area contributed by atoms with Crippen LogP contribution in [0.25, 0.3) is 6.08 Å². The Labute approximate surface area is 140 Å². The summed E-state index contributed by atoms with van der Waals surface area (Å²) in [7, 11) is -2.19. The Balaban J connectivity index is 1.78. The summed E-state index contributed by atoms with van der Waals surface area (Å²) >= 11 is 0. The van der Waals surface area contributed by atoms with Gasteiger partial charge in [-0.3, -0.25) is 14.2 Å². The number of carbonyl (C=O) groups is 1. The van der Waals surface area contributed by atoms with E-state index in [1.54, 1.807) is 19.2 Å². The zero-order chi connectivity index (χ0) is 17.2. The second-order valence-corrected chi connectivity index (χ2v) is 7.21. The van der Waals surface area contributed by atoms with E-state index in [-0.39, 0.29) is 23.3 Å². The van der Waals surface area contributed by atoms with Gasteiger partial charge in [0.05, 0.1) is 11.6 Å². The summed E-state index contributed by atoms with van der Waals surface area (Å²) in [5, 5.41) is 7.86. The molecule has 2 aromatic rings. The minimum absolute atomic E-state index is 0.144. The SMILES string of the molecule is Cn1ncc(C(=O)NC2CC2)c1NS(=O)(=O)/C=C/c1ccccc1. The van der Waals surface area contributed by atoms with E-state index in [4.69, 9.17) is 0 Å². The largest absolute Gasteiger partial charge is 0.349 e. The summed E-state index contributed by atoms with van der Waals surface area (Å²) in [5.41, 5.74) is 0.973. The normalized spacial score (nSPS) is 14.7. The third-order valence-electron chi connectivity index (χ3n) is 3.57. The Morgan fingerprint density at radius 1 is 1.29 bits per heavy atom. The van der Waals surface area contributed by atoms with E-state index < -0.39 is 10.0 Å². The summed E-state index contributed by atoms with van der Waals surface area (Å²) in [6.45, 7) is 0. The van der Waals surface area contributed by atoms with E-state index in [0.29, 0.717) is 0 Å². The third kappa shape index (κ3) is 4.02. The Kier molecular flexibility index (Phi) is 4.39. The molecular weight excluding hydrogens is 328 g/mol. The van der Waals surface area contributed by atoms with E-state index in [1.807, 2.05) is 18.2 Å². The number of benzene rings is 1. The van der Waals surface area contributed by atoms with Crippen LogP contribution in [0.2, 0.25) is 0 Å². The molecule has 8 heteroatoms. The van der Waals surface area contributed by atoms with Gasteiger partial charge in [-0.15, -0.1) is 0 Å². The predicted octanol–water partition coefficient (Wildman–Crippen LogP) is 1.72. The second kappa shape index (κ2) is 6.48. The quantitative estimate of drug-likeness (QED) is 0.833. The summed E-state index contributed by atoms with van der Waals surface area (Å²) in [5.74, 6) is -0.179. The number of nitrogens with one attached hydrogen (secondary N) is 2. The number of anilines is 1. The van der Waals surface area contributed by atoms with Crippen molar-refractivity contribution in [3.05, 3.63) is 53.1 Å². The van der Waals surface area contributed by atoms with Crippen LogP contribution in [0.15, 0.2) is 41.9 Å². The molecule has 24 heavy (non-hydrogen) atoms. The van der Waals surface area contributed by atoms with Crippen molar-refractivity contribution in [3.8, 4) is 0 Å². The lowest BCUT2D eigenvalue weighted by Gasteiger charge is -2.08. The molecule has 0 aliphatic heterocycles. The van der Waals surface area contributed by atoms with Crippen LogP contribution < -0.4 is 10.0 Å². The maximum absolute atomic E-state index is 12.3. The van der Waals surface area contributed by atoms with Crippen molar-refractivity contribution in [2.24, 2.45) is 7.05 Å². The highest BCUT2D eigenvalue weighted by atomic mass is 32.2. The average Bonchev–Trinajstić information content (AvgIpc) is 3.30. The van der Waals surface area contributed by atoms with Crippen molar-refractivity contribution in [2.75, 3.05) is 4.72 Å².